The summed E-state index contributed by atoms with van der Waals surface area (Å²) in [6.07, 6.45) is 1.13. The third-order valence-corrected chi connectivity index (χ3v) is 4.13. The molecule has 1 saturated heterocycles. The molecule has 1 fully saturated rings. The SMILES string of the molecule is Cc1nc(N2CCC(C)(C)C2)sc1C(=O)O. The molecule has 0 atom stereocenters. The topological polar surface area (TPSA) is 53.4 Å². The van der Waals surface area contributed by atoms with E-state index in [4.69, 9.17) is 5.11 Å². The van der Waals surface area contributed by atoms with Crippen LogP contribution in [-0.4, -0.2) is 29.1 Å². The standard InChI is InChI=1S/C11H16N2O2S/c1-7-8(9(14)15)16-10(12-7)13-5-4-11(2,3)6-13/h4-6H2,1-3H3,(H,14,15). The zero-order valence-electron chi connectivity index (χ0n) is 9.78. The summed E-state index contributed by atoms with van der Waals surface area (Å²) in [5, 5.41) is 9.82. The number of rotatable bonds is 2. The highest BCUT2D eigenvalue weighted by atomic mass is 32.1. The number of aromatic carboxylic acids is 1. The molecule has 1 aliphatic heterocycles. The quantitative estimate of drug-likeness (QED) is 0.862. The van der Waals surface area contributed by atoms with Crippen LogP contribution < -0.4 is 4.90 Å². The predicted octanol–water partition coefficient (Wildman–Crippen LogP) is 2.39. The average Bonchev–Trinajstić information content (AvgIpc) is 2.69. The summed E-state index contributed by atoms with van der Waals surface area (Å²) in [6.45, 7) is 8.14. The van der Waals surface area contributed by atoms with E-state index in [0.29, 0.717) is 16.0 Å². The van der Waals surface area contributed by atoms with Crippen molar-refractivity contribution >= 4 is 22.4 Å². The zero-order valence-corrected chi connectivity index (χ0v) is 10.6. The molecule has 0 aliphatic carbocycles. The normalized spacial score (nSPS) is 19.1. The Morgan fingerprint density at radius 1 is 1.56 bits per heavy atom. The number of hydrogen-bond donors (Lipinski definition) is 1. The summed E-state index contributed by atoms with van der Waals surface area (Å²) in [5.74, 6) is -0.875. The third kappa shape index (κ3) is 2.04. The van der Waals surface area contributed by atoms with E-state index < -0.39 is 5.97 Å². The molecule has 5 heteroatoms. The van der Waals surface area contributed by atoms with Crippen LogP contribution in [0.5, 0.6) is 0 Å². The van der Waals surface area contributed by atoms with Crippen molar-refractivity contribution in [2.45, 2.75) is 27.2 Å². The summed E-state index contributed by atoms with van der Waals surface area (Å²) in [5.41, 5.74) is 0.931. The lowest BCUT2D eigenvalue weighted by molar-refractivity contribution is 0.0701. The molecule has 0 bridgehead atoms. The van der Waals surface area contributed by atoms with Crippen LogP contribution in [-0.2, 0) is 0 Å². The Balaban J connectivity index is 2.23. The Bertz CT molecular complexity index is 426. The van der Waals surface area contributed by atoms with Gasteiger partial charge in [-0.15, -0.1) is 0 Å². The second kappa shape index (κ2) is 3.73. The number of anilines is 1. The molecule has 1 aromatic rings. The highest BCUT2D eigenvalue weighted by Gasteiger charge is 2.31. The average molecular weight is 240 g/mol. The first-order valence-corrected chi connectivity index (χ1v) is 6.16. The number of hydrogen-bond acceptors (Lipinski definition) is 4. The van der Waals surface area contributed by atoms with E-state index in [1.807, 2.05) is 0 Å². The van der Waals surface area contributed by atoms with Crippen LogP contribution in [0.1, 0.15) is 35.6 Å². The Morgan fingerprint density at radius 3 is 2.69 bits per heavy atom. The van der Waals surface area contributed by atoms with Crippen molar-refractivity contribution in [1.29, 1.82) is 0 Å². The first-order valence-electron chi connectivity index (χ1n) is 5.35. The number of aryl methyl sites for hydroxylation is 1. The predicted molar refractivity (Wildman–Crippen MR) is 64.4 cm³/mol. The Labute approximate surface area is 98.9 Å². The van der Waals surface area contributed by atoms with Crippen molar-refractivity contribution in [2.75, 3.05) is 18.0 Å². The van der Waals surface area contributed by atoms with Gasteiger partial charge in [-0.3, -0.25) is 0 Å². The lowest BCUT2D eigenvalue weighted by Crippen LogP contribution is -2.22. The second-order valence-corrected chi connectivity index (χ2v) is 6.03. The van der Waals surface area contributed by atoms with E-state index in [1.54, 1.807) is 6.92 Å². The maximum atomic E-state index is 10.9. The minimum atomic E-state index is -0.875. The van der Waals surface area contributed by atoms with E-state index in [0.717, 1.165) is 24.6 Å². The van der Waals surface area contributed by atoms with Crippen LogP contribution in [0.15, 0.2) is 0 Å². The molecule has 0 unspecified atom stereocenters. The van der Waals surface area contributed by atoms with Gasteiger partial charge in [-0.25, -0.2) is 9.78 Å². The van der Waals surface area contributed by atoms with E-state index >= 15 is 0 Å². The molecular weight excluding hydrogens is 224 g/mol. The number of carbonyl (C=O) groups is 1. The van der Waals surface area contributed by atoms with Crippen molar-refractivity contribution in [3.05, 3.63) is 10.6 Å². The molecule has 0 spiro atoms. The molecule has 2 heterocycles. The largest absolute Gasteiger partial charge is 0.477 e. The molecule has 16 heavy (non-hydrogen) atoms. The summed E-state index contributed by atoms with van der Waals surface area (Å²) in [4.78, 5) is 17.8. The lowest BCUT2D eigenvalue weighted by Gasteiger charge is -2.18. The van der Waals surface area contributed by atoms with Gasteiger partial charge in [-0.1, -0.05) is 25.2 Å². The fourth-order valence-electron chi connectivity index (χ4n) is 1.99. The monoisotopic (exact) mass is 240 g/mol. The minimum absolute atomic E-state index is 0.308. The van der Waals surface area contributed by atoms with Crippen molar-refractivity contribution in [2.24, 2.45) is 5.41 Å². The van der Waals surface area contributed by atoms with Crippen LogP contribution in [0.25, 0.3) is 0 Å². The highest BCUT2D eigenvalue weighted by molar-refractivity contribution is 7.17. The van der Waals surface area contributed by atoms with Gasteiger partial charge < -0.3 is 10.0 Å². The van der Waals surface area contributed by atoms with Gasteiger partial charge in [-0.05, 0) is 18.8 Å². The molecule has 2 rings (SSSR count). The maximum absolute atomic E-state index is 10.9. The molecule has 88 valence electrons. The number of nitrogens with zero attached hydrogens (tertiary/aromatic N) is 2. The first kappa shape index (κ1) is 11.4. The fourth-order valence-corrected chi connectivity index (χ4v) is 2.92. The van der Waals surface area contributed by atoms with Crippen LogP contribution >= 0.6 is 11.3 Å². The highest BCUT2D eigenvalue weighted by Crippen LogP contribution is 2.35. The number of aromatic nitrogens is 1. The maximum Gasteiger partial charge on any atom is 0.347 e. The van der Waals surface area contributed by atoms with E-state index in [9.17, 15) is 4.79 Å². The van der Waals surface area contributed by atoms with Crippen molar-refractivity contribution in [1.82, 2.24) is 4.98 Å². The van der Waals surface area contributed by atoms with Crippen LogP contribution in [0.3, 0.4) is 0 Å². The molecule has 0 radical (unpaired) electrons. The van der Waals surface area contributed by atoms with Crippen molar-refractivity contribution in [3.8, 4) is 0 Å². The van der Waals surface area contributed by atoms with Crippen molar-refractivity contribution in [3.63, 3.8) is 0 Å². The zero-order chi connectivity index (χ0) is 11.9. The molecular formula is C11H16N2O2S. The van der Waals surface area contributed by atoms with Gasteiger partial charge in [0, 0.05) is 13.1 Å². The van der Waals surface area contributed by atoms with Gasteiger partial charge in [-0.2, -0.15) is 0 Å². The third-order valence-electron chi connectivity index (χ3n) is 2.93. The van der Waals surface area contributed by atoms with Crippen molar-refractivity contribution < 1.29 is 9.90 Å². The second-order valence-electron chi connectivity index (χ2n) is 5.05. The summed E-state index contributed by atoms with van der Waals surface area (Å²) < 4.78 is 0. The molecule has 4 nitrogen and oxygen atoms in total. The van der Waals surface area contributed by atoms with Gasteiger partial charge in [0.25, 0.3) is 0 Å². The van der Waals surface area contributed by atoms with Crippen LogP contribution in [0, 0.1) is 12.3 Å². The molecule has 0 saturated carbocycles. The van der Waals surface area contributed by atoms with Gasteiger partial charge in [0.05, 0.1) is 5.69 Å². The Morgan fingerprint density at radius 2 is 2.25 bits per heavy atom. The van der Waals surface area contributed by atoms with Gasteiger partial charge in [0.15, 0.2) is 5.13 Å². The molecule has 0 aromatic carbocycles. The van der Waals surface area contributed by atoms with E-state index in [2.05, 4.69) is 23.7 Å². The summed E-state index contributed by atoms with van der Waals surface area (Å²) in [6, 6.07) is 0. The lowest BCUT2D eigenvalue weighted by atomic mass is 9.93. The first-order chi connectivity index (χ1) is 7.39. The summed E-state index contributed by atoms with van der Waals surface area (Å²) in [7, 11) is 0. The molecule has 1 aromatic heterocycles. The fraction of sp³-hybridized carbons (Fsp3) is 0.636. The number of thiazole rings is 1. The molecule has 0 amide bonds. The number of carboxylic acid groups (broad SMARTS) is 1. The Hall–Kier alpha value is -1.10. The molecule has 1 aliphatic rings. The summed E-state index contributed by atoms with van der Waals surface area (Å²) >= 11 is 1.28. The minimum Gasteiger partial charge on any atom is -0.477 e. The van der Waals surface area contributed by atoms with Crippen LogP contribution in [0.4, 0.5) is 5.13 Å². The van der Waals surface area contributed by atoms with E-state index in [-0.39, 0.29) is 0 Å². The van der Waals surface area contributed by atoms with Gasteiger partial charge in [0.2, 0.25) is 0 Å². The smallest absolute Gasteiger partial charge is 0.347 e. The van der Waals surface area contributed by atoms with Crippen LogP contribution in [0.2, 0.25) is 0 Å². The van der Waals surface area contributed by atoms with E-state index in [1.165, 1.54) is 11.3 Å². The Kier molecular flexibility index (Phi) is 2.66. The number of carboxylic acids is 1. The van der Waals surface area contributed by atoms with Gasteiger partial charge >= 0.3 is 5.97 Å². The molecule has 1 N–H and O–H groups in total. The van der Waals surface area contributed by atoms with Gasteiger partial charge in [0.1, 0.15) is 4.88 Å².